The highest BCUT2D eigenvalue weighted by Gasteiger charge is 2.27. The summed E-state index contributed by atoms with van der Waals surface area (Å²) in [5.41, 5.74) is 0. The van der Waals surface area contributed by atoms with E-state index >= 15 is 0 Å². The molecule has 0 aromatic heterocycles. The molecule has 3 amide bonds. The van der Waals surface area contributed by atoms with Crippen LogP contribution >= 0.6 is 0 Å². The molecule has 3 N–H and O–H groups in total. The molecular weight excluding hydrogens is 254 g/mol. The number of rotatable bonds is 3. The zero-order chi connectivity index (χ0) is 14.5. The molecule has 2 fully saturated rings. The van der Waals surface area contributed by atoms with Gasteiger partial charge in [-0.25, -0.2) is 4.79 Å². The van der Waals surface area contributed by atoms with Gasteiger partial charge in [-0.2, -0.15) is 0 Å². The number of carbonyl (C=O) groups excluding carboxylic acids is 2. The van der Waals surface area contributed by atoms with E-state index in [4.69, 9.17) is 0 Å². The number of urea groups is 1. The van der Waals surface area contributed by atoms with Crippen LogP contribution in [0.15, 0.2) is 0 Å². The van der Waals surface area contributed by atoms with Crippen molar-refractivity contribution in [3.63, 3.8) is 0 Å². The number of piperidine rings is 1. The quantitative estimate of drug-likeness (QED) is 0.698. The summed E-state index contributed by atoms with van der Waals surface area (Å²) in [6.45, 7) is 6.94. The monoisotopic (exact) mass is 282 g/mol. The molecule has 0 aromatic carbocycles. The van der Waals surface area contributed by atoms with Gasteiger partial charge in [0, 0.05) is 17.9 Å². The van der Waals surface area contributed by atoms with Gasteiger partial charge in [-0.1, -0.05) is 26.7 Å². The van der Waals surface area contributed by atoms with Crippen molar-refractivity contribution < 1.29 is 14.5 Å². The number of hydrogen-bond donors (Lipinski definition) is 3. The van der Waals surface area contributed by atoms with Crippen LogP contribution in [0.3, 0.4) is 0 Å². The summed E-state index contributed by atoms with van der Waals surface area (Å²) in [6, 6.07) is -0.0652. The molecule has 20 heavy (non-hydrogen) atoms. The fourth-order valence-electron chi connectivity index (χ4n) is 3.76. The van der Waals surface area contributed by atoms with E-state index in [1.165, 1.54) is 24.2 Å². The Balaban J connectivity index is 1.70. The predicted molar refractivity (Wildman–Crippen MR) is 77.4 cm³/mol. The second-order valence-corrected chi connectivity index (χ2v) is 6.78. The average molecular weight is 282 g/mol. The first-order valence-corrected chi connectivity index (χ1v) is 7.97. The number of hydrogen-bond acceptors (Lipinski definition) is 2. The summed E-state index contributed by atoms with van der Waals surface area (Å²) < 4.78 is 0. The summed E-state index contributed by atoms with van der Waals surface area (Å²) in [5.74, 6) is 1.17. The molecule has 5 nitrogen and oxygen atoms in total. The first-order chi connectivity index (χ1) is 9.52. The van der Waals surface area contributed by atoms with E-state index in [1.54, 1.807) is 0 Å². The lowest BCUT2D eigenvalue weighted by Crippen LogP contribution is -3.15. The van der Waals surface area contributed by atoms with Gasteiger partial charge in [0.1, 0.15) is 0 Å². The molecule has 1 aliphatic heterocycles. The molecular formula is C15H28N3O2+. The van der Waals surface area contributed by atoms with Crippen LogP contribution < -0.4 is 15.5 Å². The highest BCUT2D eigenvalue weighted by atomic mass is 16.2. The lowest BCUT2D eigenvalue weighted by Gasteiger charge is -2.31. The van der Waals surface area contributed by atoms with E-state index in [-0.39, 0.29) is 18.0 Å². The number of quaternary nitrogens is 1. The van der Waals surface area contributed by atoms with Crippen LogP contribution in [0, 0.1) is 11.8 Å². The third-order valence-electron chi connectivity index (χ3n) is 4.43. The molecule has 0 aromatic rings. The van der Waals surface area contributed by atoms with Crippen molar-refractivity contribution in [2.24, 2.45) is 11.8 Å². The van der Waals surface area contributed by atoms with Gasteiger partial charge in [0.15, 0.2) is 6.54 Å². The van der Waals surface area contributed by atoms with Gasteiger partial charge in [-0.05, 0) is 19.3 Å². The topological polar surface area (TPSA) is 62.6 Å². The van der Waals surface area contributed by atoms with Crippen LogP contribution in [-0.2, 0) is 4.79 Å². The highest BCUT2D eigenvalue weighted by molar-refractivity contribution is 5.94. The molecule has 1 heterocycles. The van der Waals surface area contributed by atoms with Crippen molar-refractivity contribution in [2.75, 3.05) is 19.6 Å². The maximum absolute atomic E-state index is 11.9. The van der Waals surface area contributed by atoms with Crippen LogP contribution in [0.2, 0.25) is 0 Å². The summed E-state index contributed by atoms with van der Waals surface area (Å²) >= 11 is 0. The molecule has 2 aliphatic rings. The molecule has 1 saturated carbocycles. The van der Waals surface area contributed by atoms with Crippen LogP contribution in [0.5, 0.6) is 0 Å². The zero-order valence-electron chi connectivity index (χ0n) is 12.7. The number of nitrogens with one attached hydrogen (secondary N) is 3. The third kappa shape index (κ3) is 4.78. The zero-order valence-corrected chi connectivity index (χ0v) is 12.7. The number of likely N-dealkylation sites (tertiary alicyclic amines) is 1. The second-order valence-electron chi connectivity index (χ2n) is 6.78. The Kier molecular flexibility index (Phi) is 5.40. The molecule has 1 unspecified atom stereocenters. The lowest BCUT2D eigenvalue weighted by molar-refractivity contribution is -0.904. The van der Waals surface area contributed by atoms with E-state index < -0.39 is 0 Å². The van der Waals surface area contributed by atoms with Gasteiger partial charge in [-0.15, -0.1) is 0 Å². The van der Waals surface area contributed by atoms with E-state index in [0.29, 0.717) is 18.4 Å². The van der Waals surface area contributed by atoms with E-state index in [2.05, 4.69) is 24.5 Å². The van der Waals surface area contributed by atoms with Crippen molar-refractivity contribution in [2.45, 2.75) is 52.0 Å². The van der Waals surface area contributed by atoms with Crippen molar-refractivity contribution in [1.82, 2.24) is 10.6 Å². The Hall–Kier alpha value is -1.10. The second kappa shape index (κ2) is 7.07. The Bertz CT molecular complexity index is 343. The molecule has 114 valence electrons. The molecule has 1 aliphatic carbocycles. The van der Waals surface area contributed by atoms with Gasteiger partial charge in [0.05, 0.1) is 13.1 Å². The number of carbonyl (C=O) groups is 2. The fraction of sp³-hybridized carbons (Fsp3) is 0.867. The van der Waals surface area contributed by atoms with Crippen LogP contribution in [0.4, 0.5) is 4.79 Å². The minimum Gasteiger partial charge on any atom is -0.335 e. The molecule has 2 rings (SSSR count). The summed E-state index contributed by atoms with van der Waals surface area (Å²) in [6.07, 6.45) is 5.66. The minimum atomic E-state index is -0.320. The first-order valence-electron chi connectivity index (χ1n) is 7.97. The standard InChI is InChI=1S/C15H27N3O2/c1-11-7-12(2)9-18(8-11)10-14(19)17-15(20)16-13-5-3-4-6-13/h11-13H,3-10H2,1-2H3,(H2,16,17,19,20)/p+1/t11-,12+. The van der Waals surface area contributed by atoms with Gasteiger partial charge < -0.3 is 10.2 Å². The van der Waals surface area contributed by atoms with Gasteiger partial charge >= 0.3 is 6.03 Å². The summed E-state index contributed by atoms with van der Waals surface area (Å²) in [4.78, 5) is 24.9. The molecule has 1 saturated heterocycles. The Morgan fingerprint density at radius 2 is 1.70 bits per heavy atom. The molecule has 0 radical (unpaired) electrons. The van der Waals surface area contributed by atoms with Crippen LogP contribution in [0.1, 0.15) is 46.0 Å². The smallest absolute Gasteiger partial charge is 0.321 e. The van der Waals surface area contributed by atoms with Crippen molar-refractivity contribution in [1.29, 1.82) is 0 Å². The Morgan fingerprint density at radius 1 is 1.10 bits per heavy atom. The van der Waals surface area contributed by atoms with E-state index in [9.17, 15) is 9.59 Å². The van der Waals surface area contributed by atoms with Crippen molar-refractivity contribution >= 4 is 11.9 Å². The summed E-state index contributed by atoms with van der Waals surface area (Å²) in [5, 5.41) is 5.36. The number of amides is 3. The third-order valence-corrected chi connectivity index (χ3v) is 4.43. The average Bonchev–Trinajstić information content (AvgIpc) is 2.79. The van der Waals surface area contributed by atoms with Crippen LogP contribution in [-0.4, -0.2) is 37.6 Å². The van der Waals surface area contributed by atoms with Gasteiger partial charge in [-0.3, -0.25) is 10.1 Å². The summed E-state index contributed by atoms with van der Waals surface area (Å²) in [7, 11) is 0. The predicted octanol–water partition coefficient (Wildman–Crippen LogP) is 0.316. The maximum Gasteiger partial charge on any atom is 0.321 e. The lowest BCUT2D eigenvalue weighted by atomic mass is 9.92. The van der Waals surface area contributed by atoms with E-state index in [1.807, 2.05) is 0 Å². The minimum absolute atomic E-state index is 0.156. The molecule has 3 atom stereocenters. The molecule has 0 bridgehead atoms. The maximum atomic E-state index is 11.9. The first kappa shape index (κ1) is 15.3. The normalized spacial score (nSPS) is 31.0. The SMILES string of the molecule is C[C@@H]1C[C@H](C)C[NH+](CC(=O)NC(=O)NC2CCCC2)C1. The van der Waals surface area contributed by atoms with Gasteiger partial charge in [0.2, 0.25) is 0 Å². The molecule has 5 heteroatoms. The van der Waals surface area contributed by atoms with Crippen molar-refractivity contribution in [3.8, 4) is 0 Å². The highest BCUT2D eigenvalue weighted by Crippen LogP contribution is 2.17. The van der Waals surface area contributed by atoms with Crippen molar-refractivity contribution in [3.05, 3.63) is 0 Å². The van der Waals surface area contributed by atoms with Crippen LogP contribution in [0.25, 0.3) is 0 Å². The largest absolute Gasteiger partial charge is 0.335 e. The molecule has 0 spiro atoms. The van der Waals surface area contributed by atoms with Gasteiger partial charge in [0.25, 0.3) is 5.91 Å². The number of imide groups is 1. The Labute approximate surface area is 121 Å². The fourth-order valence-corrected chi connectivity index (χ4v) is 3.76. The Morgan fingerprint density at radius 3 is 2.30 bits per heavy atom. The van der Waals surface area contributed by atoms with E-state index in [0.717, 1.165) is 25.9 Å².